The van der Waals surface area contributed by atoms with Crippen LogP contribution >= 0.6 is 0 Å². The average molecular weight is 168 g/mol. The molecule has 1 aliphatic carbocycles. The summed E-state index contributed by atoms with van der Waals surface area (Å²) in [5, 5.41) is 8.54. The summed E-state index contributed by atoms with van der Waals surface area (Å²) in [6.45, 7) is 6.02. The van der Waals surface area contributed by atoms with Crippen LogP contribution in [0.15, 0.2) is 12.2 Å². The second-order valence-corrected chi connectivity index (χ2v) is 3.53. The molecule has 1 fully saturated rings. The Morgan fingerprint density at radius 2 is 2.25 bits per heavy atom. The van der Waals surface area contributed by atoms with Crippen LogP contribution in [0.5, 0.6) is 0 Å². The molecule has 1 rings (SSSR count). The minimum absolute atomic E-state index is 0.285. The third-order valence-corrected chi connectivity index (χ3v) is 2.59. The van der Waals surface area contributed by atoms with Crippen molar-refractivity contribution in [2.24, 2.45) is 11.8 Å². The Morgan fingerprint density at radius 3 is 2.75 bits per heavy atom. The second kappa shape index (κ2) is 3.74. The van der Waals surface area contributed by atoms with Crippen molar-refractivity contribution in [3.63, 3.8) is 0 Å². The van der Waals surface area contributed by atoms with Crippen molar-refractivity contribution in [1.82, 2.24) is 0 Å². The standard InChI is InChI=1S/C10H16O2/c1-3-4-5-8-7(2)9(8)6-10(11)12/h8-9H,2-6H2,1H3,(H,11,12)/t8-,9-/m0/s1. The van der Waals surface area contributed by atoms with Crippen LogP contribution in [0.3, 0.4) is 0 Å². The zero-order valence-electron chi connectivity index (χ0n) is 7.55. The van der Waals surface area contributed by atoms with Crippen LogP contribution in [0.25, 0.3) is 0 Å². The normalized spacial score (nSPS) is 27.2. The van der Waals surface area contributed by atoms with Gasteiger partial charge in [-0.1, -0.05) is 31.9 Å². The van der Waals surface area contributed by atoms with E-state index in [-0.39, 0.29) is 12.3 Å². The molecule has 0 heterocycles. The van der Waals surface area contributed by atoms with Crippen molar-refractivity contribution >= 4 is 5.97 Å². The fourth-order valence-electron chi connectivity index (χ4n) is 1.72. The predicted molar refractivity (Wildman–Crippen MR) is 47.9 cm³/mol. The highest BCUT2D eigenvalue weighted by molar-refractivity contribution is 5.69. The van der Waals surface area contributed by atoms with Crippen LogP contribution in [-0.4, -0.2) is 11.1 Å². The summed E-state index contributed by atoms with van der Waals surface area (Å²) in [7, 11) is 0. The highest BCUT2D eigenvalue weighted by atomic mass is 16.4. The van der Waals surface area contributed by atoms with Crippen LogP contribution in [0.2, 0.25) is 0 Å². The van der Waals surface area contributed by atoms with Gasteiger partial charge in [0.2, 0.25) is 0 Å². The first-order valence-corrected chi connectivity index (χ1v) is 4.57. The molecule has 0 radical (unpaired) electrons. The maximum Gasteiger partial charge on any atom is 0.303 e. The largest absolute Gasteiger partial charge is 0.481 e. The summed E-state index contributed by atoms with van der Waals surface area (Å²) in [4.78, 5) is 10.4. The van der Waals surface area contributed by atoms with E-state index in [1.54, 1.807) is 0 Å². The molecule has 12 heavy (non-hydrogen) atoms. The van der Waals surface area contributed by atoms with Gasteiger partial charge in [-0.15, -0.1) is 0 Å². The number of carbonyl (C=O) groups is 1. The minimum atomic E-state index is -0.694. The van der Waals surface area contributed by atoms with E-state index in [2.05, 4.69) is 13.5 Å². The monoisotopic (exact) mass is 168 g/mol. The molecule has 0 aromatic carbocycles. The number of carboxylic acids is 1. The zero-order chi connectivity index (χ0) is 9.14. The van der Waals surface area contributed by atoms with E-state index >= 15 is 0 Å². The van der Waals surface area contributed by atoms with Crippen molar-refractivity contribution in [2.75, 3.05) is 0 Å². The van der Waals surface area contributed by atoms with E-state index in [9.17, 15) is 4.79 Å². The van der Waals surface area contributed by atoms with E-state index < -0.39 is 5.97 Å². The van der Waals surface area contributed by atoms with Crippen LogP contribution in [0.4, 0.5) is 0 Å². The smallest absolute Gasteiger partial charge is 0.303 e. The first-order chi connectivity index (χ1) is 5.66. The van der Waals surface area contributed by atoms with E-state index in [0.717, 1.165) is 12.0 Å². The number of hydrogen-bond acceptors (Lipinski definition) is 1. The highest BCUT2D eigenvalue weighted by Gasteiger charge is 2.42. The third kappa shape index (κ3) is 2.10. The average Bonchev–Trinajstić information content (AvgIpc) is 2.57. The maximum atomic E-state index is 10.4. The van der Waals surface area contributed by atoms with Crippen molar-refractivity contribution in [1.29, 1.82) is 0 Å². The number of aliphatic carboxylic acids is 1. The zero-order valence-corrected chi connectivity index (χ0v) is 7.55. The molecular weight excluding hydrogens is 152 g/mol. The summed E-state index contributed by atoms with van der Waals surface area (Å²) in [6.07, 6.45) is 3.80. The summed E-state index contributed by atoms with van der Waals surface area (Å²) < 4.78 is 0. The van der Waals surface area contributed by atoms with Crippen molar-refractivity contribution in [2.45, 2.75) is 32.6 Å². The van der Waals surface area contributed by atoms with E-state index in [0.29, 0.717) is 5.92 Å². The Bertz CT molecular complexity index is 196. The lowest BCUT2D eigenvalue weighted by Crippen LogP contribution is -1.96. The lowest BCUT2D eigenvalue weighted by molar-refractivity contribution is -0.137. The van der Waals surface area contributed by atoms with Crippen molar-refractivity contribution in [3.8, 4) is 0 Å². The predicted octanol–water partition coefficient (Wildman–Crippen LogP) is 2.45. The molecule has 2 atom stereocenters. The number of allylic oxidation sites excluding steroid dienone is 1. The van der Waals surface area contributed by atoms with Gasteiger partial charge < -0.3 is 5.11 Å². The molecule has 0 spiro atoms. The molecule has 0 bridgehead atoms. The second-order valence-electron chi connectivity index (χ2n) is 3.53. The van der Waals surface area contributed by atoms with Gasteiger partial charge in [0.15, 0.2) is 0 Å². The van der Waals surface area contributed by atoms with Crippen LogP contribution in [-0.2, 0) is 4.79 Å². The Labute approximate surface area is 73.3 Å². The van der Waals surface area contributed by atoms with E-state index in [1.165, 1.54) is 12.8 Å². The molecule has 2 nitrogen and oxygen atoms in total. The van der Waals surface area contributed by atoms with Gasteiger partial charge in [0, 0.05) is 0 Å². The molecule has 0 aliphatic heterocycles. The third-order valence-electron chi connectivity index (χ3n) is 2.59. The molecule has 1 saturated carbocycles. The van der Waals surface area contributed by atoms with Crippen LogP contribution < -0.4 is 0 Å². The van der Waals surface area contributed by atoms with Gasteiger partial charge in [-0.25, -0.2) is 0 Å². The molecule has 68 valence electrons. The van der Waals surface area contributed by atoms with Gasteiger partial charge in [0.1, 0.15) is 0 Å². The molecule has 1 N–H and O–H groups in total. The summed E-state index contributed by atoms with van der Waals surface area (Å²) in [6, 6.07) is 0. The van der Waals surface area contributed by atoms with E-state index in [4.69, 9.17) is 5.11 Å². The van der Waals surface area contributed by atoms with Gasteiger partial charge in [0.05, 0.1) is 6.42 Å². The Hall–Kier alpha value is -0.790. The van der Waals surface area contributed by atoms with Crippen LogP contribution in [0.1, 0.15) is 32.6 Å². The molecule has 0 aromatic rings. The fourth-order valence-corrected chi connectivity index (χ4v) is 1.72. The molecule has 0 aromatic heterocycles. The summed E-state index contributed by atoms with van der Waals surface area (Å²) in [5.74, 6) is 0.107. The van der Waals surface area contributed by atoms with E-state index in [1.807, 2.05) is 0 Å². The highest BCUT2D eigenvalue weighted by Crippen LogP contribution is 2.49. The number of hydrogen-bond donors (Lipinski definition) is 1. The number of carboxylic acid groups (broad SMARTS) is 1. The molecule has 0 unspecified atom stereocenters. The SMILES string of the molecule is C=C1[C@H](CCCC)[C@H]1CC(=O)O. The maximum absolute atomic E-state index is 10.4. The topological polar surface area (TPSA) is 37.3 Å². The molecule has 0 amide bonds. The summed E-state index contributed by atoms with van der Waals surface area (Å²) >= 11 is 0. The van der Waals surface area contributed by atoms with Gasteiger partial charge in [-0.2, -0.15) is 0 Å². The first-order valence-electron chi connectivity index (χ1n) is 4.57. The molecule has 1 aliphatic rings. The van der Waals surface area contributed by atoms with Gasteiger partial charge >= 0.3 is 5.97 Å². The summed E-state index contributed by atoms with van der Waals surface area (Å²) in [5.41, 5.74) is 1.16. The quantitative estimate of drug-likeness (QED) is 0.640. The lowest BCUT2D eigenvalue weighted by Gasteiger charge is -1.93. The van der Waals surface area contributed by atoms with Crippen LogP contribution in [0, 0.1) is 11.8 Å². The van der Waals surface area contributed by atoms with Crippen molar-refractivity contribution < 1.29 is 9.90 Å². The number of unbranched alkanes of at least 4 members (excludes halogenated alkanes) is 1. The Balaban J connectivity index is 2.23. The first kappa shape index (κ1) is 9.30. The van der Waals surface area contributed by atoms with Gasteiger partial charge in [-0.3, -0.25) is 4.79 Å². The minimum Gasteiger partial charge on any atom is -0.481 e. The molecule has 0 saturated heterocycles. The number of rotatable bonds is 5. The Kier molecular flexibility index (Phi) is 2.90. The Morgan fingerprint density at radius 1 is 1.58 bits per heavy atom. The van der Waals surface area contributed by atoms with Gasteiger partial charge in [-0.05, 0) is 18.3 Å². The molecular formula is C10H16O2. The fraction of sp³-hybridized carbons (Fsp3) is 0.700. The van der Waals surface area contributed by atoms with Gasteiger partial charge in [0.25, 0.3) is 0 Å². The lowest BCUT2D eigenvalue weighted by atomic mass is 10.1. The van der Waals surface area contributed by atoms with Crippen molar-refractivity contribution in [3.05, 3.63) is 12.2 Å². The molecule has 2 heteroatoms.